The summed E-state index contributed by atoms with van der Waals surface area (Å²) in [5, 5.41) is 13.4. The van der Waals surface area contributed by atoms with Gasteiger partial charge in [0.05, 0.1) is 7.11 Å². The van der Waals surface area contributed by atoms with Crippen molar-refractivity contribution in [1.29, 1.82) is 0 Å². The zero-order valence-corrected chi connectivity index (χ0v) is 10.9. The number of aryl methyl sites for hydroxylation is 1. The summed E-state index contributed by atoms with van der Waals surface area (Å²) in [5.74, 6) is 1.49. The number of aromatic hydroxyl groups is 1. The van der Waals surface area contributed by atoms with Crippen molar-refractivity contribution in [2.45, 2.75) is 12.8 Å². The number of hydrogen-bond acceptors (Lipinski definition) is 6. The second kappa shape index (κ2) is 6.19. The van der Waals surface area contributed by atoms with E-state index in [0.29, 0.717) is 36.1 Å². The van der Waals surface area contributed by atoms with Crippen molar-refractivity contribution in [1.82, 2.24) is 10.1 Å². The van der Waals surface area contributed by atoms with Crippen LogP contribution < -0.4 is 4.74 Å². The highest BCUT2D eigenvalue weighted by molar-refractivity contribution is 5.59. The van der Waals surface area contributed by atoms with E-state index in [-0.39, 0.29) is 5.75 Å². The van der Waals surface area contributed by atoms with Crippen LogP contribution in [-0.2, 0) is 11.2 Å². The van der Waals surface area contributed by atoms with Gasteiger partial charge in [0.1, 0.15) is 0 Å². The van der Waals surface area contributed by atoms with Crippen molar-refractivity contribution in [3.05, 3.63) is 24.0 Å². The number of rotatable bonds is 6. The molecule has 0 radical (unpaired) electrons. The minimum atomic E-state index is 0.0751. The van der Waals surface area contributed by atoms with Gasteiger partial charge in [0.25, 0.3) is 5.89 Å². The molecule has 0 aliphatic rings. The molecule has 0 bridgehead atoms. The van der Waals surface area contributed by atoms with Crippen LogP contribution in [0.15, 0.2) is 22.7 Å². The molecule has 0 aliphatic carbocycles. The molecule has 19 heavy (non-hydrogen) atoms. The van der Waals surface area contributed by atoms with Gasteiger partial charge in [-0.3, -0.25) is 0 Å². The molecule has 102 valence electrons. The van der Waals surface area contributed by atoms with Gasteiger partial charge in [-0.1, -0.05) is 5.16 Å². The van der Waals surface area contributed by atoms with E-state index in [1.165, 1.54) is 13.2 Å². The summed E-state index contributed by atoms with van der Waals surface area (Å²) >= 11 is 0. The zero-order chi connectivity index (χ0) is 13.7. The first-order valence-corrected chi connectivity index (χ1v) is 5.93. The summed E-state index contributed by atoms with van der Waals surface area (Å²) < 4.78 is 15.2. The van der Waals surface area contributed by atoms with Gasteiger partial charge in [-0.2, -0.15) is 4.98 Å². The fourth-order valence-corrected chi connectivity index (χ4v) is 1.66. The quantitative estimate of drug-likeness (QED) is 0.804. The lowest BCUT2D eigenvalue weighted by Crippen LogP contribution is -1.94. The number of hydrogen-bond donors (Lipinski definition) is 1. The third kappa shape index (κ3) is 3.23. The summed E-state index contributed by atoms with van der Waals surface area (Å²) in [6.07, 6.45) is 1.54. The Hall–Kier alpha value is -2.08. The average molecular weight is 264 g/mol. The molecule has 6 heteroatoms. The van der Waals surface area contributed by atoms with Gasteiger partial charge < -0.3 is 19.1 Å². The molecule has 0 aliphatic heterocycles. The van der Waals surface area contributed by atoms with Crippen LogP contribution in [0, 0.1) is 0 Å². The maximum Gasteiger partial charge on any atom is 0.258 e. The minimum Gasteiger partial charge on any atom is -0.504 e. The number of aromatic nitrogens is 2. The fourth-order valence-electron chi connectivity index (χ4n) is 1.66. The number of phenolic OH excluding ortho intramolecular Hbond substituents is 1. The number of methoxy groups -OCH3 is 2. The predicted octanol–water partition coefficient (Wildman–Crippen LogP) is 2.03. The van der Waals surface area contributed by atoms with E-state index in [1.807, 2.05) is 0 Å². The molecular formula is C13H16N2O4. The second-order valence-electron chi connectivity index (χ2n) is 4.00. The molecule has 0 unspecified atom stereocenters. The Balaban J connectivity index is 2.13. The Bertz CT molecular complexity index is 539. The van der Waals surface area contributed by atoms with Crippen LogP contribution >= 0.6 is 0 Å². The van der Waals surface area contributed by atoms with E-state index in [9.17, 15) is 5.11 Å². The van der Waals surface area contributed by atoms with Crippen molar-refractivity contribution in [3.8, 4) is 23.0 Å². The molecule has 1 aromatic heterocycles. The molecular weight excluding hydrogens is 248 g/mol. The Morgan fingerprint density at radius 2 is 2.16 bits per heavy atom. The van der Waals surface area contributed by atoms with E-state index in [2.05, 4.69) is 10.1 Å². The lowest BCUT2D eigenvalue weighted by atomic mass is 10.2. The highest BCUT2D eigenvalue weighted by atomic mass is 16.5. The van der Waals surface area contributed by atoms with Gasteiger partial charge in [0, 0.05) is 25.7 Å². The molecule has 1 aromatic carbocycles. The second-order valence-corrected chi connectivity index (χ2v) is 4.00. The molecule has 1 heterocycles. The van der Waals surface area contributed by atoms with Crippen LogP contribution in [-0.4, -0.2) is 36.1 Å². The Morgan fingerprint density at radius 3 is 2.89 bits per heavy atom. The van der Waals surface area contributed by atoms with E-state index in [1.54, 1.807) is 19.2 Å². The van der Waals surface area contributed by atoms with E-state index < -0.39 is 0 Å². The maximum atomic E-state index is 9.52. The number of phenols is 1. The topological polar surface area (TPSA) is 77.6 Å². The summed E-state index contributed by atoms with van der Waals surface area (Å²) in [6.45, 7) is 0.664. The fraction of sp³-hybridized carbons (Fsp3) is 0.385. The molecule has 2 rings (SSSR count). The van der Waals surface area contributed by atoms with Crippen molar-refractivity contribution in [3.63, 3.8) is 0 Å². The zero-order valence-electron chi connectivity index (χ0n) is 10.9. The number of ether oxygens (including phenoxy) is 2. The van der Waals surface area contributed by atoms with Crippen LogP contribution in [0.5, 0.6) is 11.5 Å². The van der Waals surface area contributed by atoms with Gasteiger partial charge in [0.15, 0.2) is 17.3 Å². The van der Waals surface area contributed by atoms with Crippen LogP contribution in [0.3, 0.4) is 0 Å². The van der Waals surface area contributed by atoms with E-state index >= 15 is 0 Å². The Morgan fingerprint density at radius 1 is 1.32 bits per heavy atom. The first-order valence-electron chi connectivity index (χ1n) is 5.93. The summed E-state index contributed by atoms with van der Waals surface area (Å²) in [4.78, 5) is 4.29. The van der Waals surface area contributed by atoms with Crippen LogP contribution in [0.25, 0.3) is 11.5 Å². The lowest BCUT2D eigenvalue weighted by molar-refractivity contribution is 0.194. The third-order valence-electron chi connectivity index (χ3n) is 2.64. The first kappa shape index (κ1) is 13.4. The van der Waals surface area contributed by atoms with Gasteiger partial charge in [0.2, 0.25) is 0 Å². The molecule has 0 saturated heterocycles. The minimum absolute atomic E-state index is 0.0751. The van der Waals surface area contributed by atoms with Crippen molar-refractivity contribution < 1.29 is 19.1 Å². The predicted molar refractivity (Wildman–Crippen MR) is 68.1 cm³/mol. The summed E-state index contributed by atoms with van der Waals surface area (Å²) in [6, 6.07) is 4.88. The summed E-state index contributed by atoms with van der Waals surface area (Å²) in [5.41, 5.74) is 0.708. The smallest absolute Gasteiger partial charge is 0.258 e. The average Bonchev–Trinajstić information content (AvgIpc) is 2.88. The standard InChI is InChI=1S/C13H16N2O4/c1-17-7-3-4-12-14-13(19-15-12)9-5-6-10(16)11(8-9)18-2/h5-6,8,16H,3-4,7H2,1-2H3. The molecule has 0 saturated carbocycles. The van der Waals surface area contributed by atoms with Crippen LogP contribution in [0.2, 0.25) is 0 Å². The van der Waals surface area contributed by atoms with Gasteiger partial charge in [-0.25, -0.2) is 0 Å². The Kier molecular flexibility index (Phi) is 4.35. The lowest BCUT2D eigenvalue weighted by Gasteiger charge is -2.03. The first-order chi connectivity index (χ1) is 9.24. The van der Waals surface area contributed by atoms with Crippen molar-refractivity contribution >= 4 is 0 Å². The van der Waals surface area contributed by atoms with Gasteiger partial charge in [-0.05, 0) is 24.6 Å². The van der Waals surface area contributed by atoms with E-state index in [4.69, 9.17) is 14.0 Å². The van der Waals surface area contributed by atoms with E-state index in [0.717, 1.165) is 6.42 Å². The highest BCUT2D eigenvalue weighted by Crippen LogP contribution is 2.30. The van der Waals surface area contributed by atoms with Gasteiger partial charge in [-0.15, -0.1) is 0 Å². The normalized spacial score (nSPS) is 10.6. The molecule has 0 fully saturated rings. The molecule has 2 aromatic rings. The van der Waals surface area contributed by atoms with Crippen molar-refractivity contribution in [2.75, 3.05) is 20.8 Å². The summed E-state index contributed by atoms with van der Waals surface area (Å²) in [7, 11) is 3.15. The molecule has 1 N–H and O–H groups in total. The number of benzene rings is 1. The highest BCUT2D eigenvalue weighted by Gasteiger charge is 2.11. The molecule has 0 amide bonds. The van der Waals surface area contributed by atoms with Crippen LogP contribution in [0.4, 0.5) is 0 Å². The van der Waals surface area contributed by atoms with Gasteiger partial charge >= 0.3 is 0 Å². The SMILES string of the molecule is COCCCc1noc(-c2ccc(O)c(OC)c2)n1. The largest absolute Gasteiger partial charge is 0.504 e. The van der Waals surface area contributed by atoms with Crippen molar-refractivity contribution in [2.24, 2.45) is 0 Å². The van der Waals surface area contributed by atoms with Crippen LogP contribution in [0.1, 0.15) is 12.2 Å². The Labute approximate surface area is 111 Å². The monoisotopic (exact) mass is 264 g/mol. The number of nitrogens with zero attached hydrogens (tertiary/aromatic N) is 2. The third-order valence-corrected chi connectivity index (χ3v) is 2.64. The maximum absolute atomic E-state index is 9.52. The molecule has 0 spiro atoms. The molecule has 0 atom stereocenters. The molecule has 6 nitrogen and oxygen atoms in total.